The highest BCUT2D eigenvalue weighted by Gasteiger charge is 2.11. The molecule has 0 radical (unpaired) electrons. The summed E-state index contributed by atoms with van der Waals surface area (Å²) in [6.45, 7) is 0. The number of fused-ring (bicyclic) bond motifs is 1. The number of nitrogens with zero attached hydrogens (tertiary/aromatic N) is 3. The minimum Gasteiger partial charge on any atom is -0.495 e. The first-order chi connectivity index (χ1) is 12.1. The first-order valence-electron chi connectivity index (χ1n) is 7.17. The van der Waals surface area contributed by atoms with Crippen LogP contribution in [0.2, 0.25) is 5.02 Å². The molecule has 0 saturated carbocycles. The molecule has 0 spiro atoms. The van der Waals surface area contributed by atoms with Crippen LogP contribution in [0.1, 0.15) is 0 Å². The van der Waals surface area contributed by atoms with Crippen molar-refractivity contribution in [3.63, 3.8) is 0 Å². The van der Waals surface area contributed by atoms with Crippen LogP contribution < -0.4 is 10.1 Å². The predicted octanol–water partition coefficient (Wildman–Crippen LogP) is 4.58. The van der Waals surface area contributed by atoms with E-state index in [2.05, 4.69) is 15.3 Å². The molecule has 0 bridgehead atoms. The summed E-state index contributed by atoms with van der Waals surface area (Å²) in [5.74, 6) is 1.05. The molecule has 3 aromatic rings. The molecule has 0 saturated heterocycles. The van der Waals surface area contributed by atoms with Crippen molar-refractivity contribution in [2.75, 3.05) is 13.4 Å². The number of aromatic nitrogens is 1. The lowest BCUT2D eigenvalue weighted by molar-refractivity contribution is 0.415. The summed E-state index contributed by atoms with van der Waals surface area (Å²) in [5, 5.41) is 12.2. The third-order valence-corrected chi connectivity index (χ3v) is 4.23. The van der Waals surface area contributed by atoms with Crippen LogP contribution in [0, 0.1) is 11.5 Å². The van der Waals surface area contributed by atoms with Gasteiger partial charge < -0.3 is 9.15 Å². The molecular weight excluding hydrogens is 360 g/mol. The third kappa shape index (κ3) is 3.71. The van der Waals surface area contributed by atoms with Crippen LogP contribution in [0.5, 0.6) is 5.75 Å². The van der Waals surface area contributed by atoms with Crippen molar-refractivity contribution in [3.05, 3.63) is 41.4 Å². The van der Waals surface area contributed by atoms with E-state index in [-0.39, 0.29) is 0 Å². The maximum absolute atomic E-state index is 8.70. The number of ether oxygens (including phenoxy) is 1. The summed E-state index contributed by atoms with van der Waals surface area (Å²) in [5.41, 5.74) is 2.73. The van der Waals surface area contributed by atoms with Crippen LogP contribution in [0.15, 0.2) is 45.8 Å². The van der Waals surface area contributed by atoms with E-state index >= 15 is 0 Å². The molecule has 3 rings (SSSR count). The van der Waals surface area contributed by atoms with Gasteiger partial charge in [-0.2, -0.15) is 5.26 Å². The number of halogens is 1. The Labute approximate surface area is 153 Å². The van der Waals surface area contributed by atoms with Gasteiger partial charge in [0, 0.05) is 5.56 Å². The van der Waals surface area contributed by atoms with E-state index < -0.39 is 0 Å². The molecule has 0 aliphatic carbocycles. The first-order valence-corrected chi connectivity index (χ1v) is 8.77. The lowest BCUT2D eigenvalue weighted by Crippen LogP contribution is -2.12. The zero-order valence-electron chi connectivity index (χ0n) is 13.4. The fourth-order valence-corrected chi connectivity index (χ4v) is 2.80. The molecular formula is C17H13ClN4O2S. The summed E-state index contributed by atoms with van der Waals surface area (Å²) >= 11 is 7.51. The molecule has 1 N–H and O–H groups in total. The SMILES string of the molecule is COc1ccc(-c2nc3cc(N=C(NC#N)SC)ccc3o2)cc1Cl. The lowest BCUT2D eigenvalue weighted by Gasteiger charge is -2.03. The van der Waals surface area contributed by atoms with E-state index in [4.69, 9.17) is 26.0 Å². The zero-order chi connectivity index (χ0) is 17.8. The molecule has 126 valence electrons. The number of nitrogens with one attached hydrogen (secondary N) is 1. The van der Waals surface area contributed by atoms with Gasteiger partial charge in [-0.25, -0.2) is 9.98 Å². The molecule has 1 heterocycles. The number of nitriles is 1. The average molecular weight is 373 g/mol. The monoisotopic (exact) mass is 372 g/mol. The van der Waals surface area contributed by atoms with Crippen molar-refractivity contribution in [2.24, 2.45) is 4.99 Å². The molecule has 25 heavy (non-hydrogen) atoms. The predicted molar refractivity (Wildman–Crippen MR) is 100 cm³/mol. The molecule has 0 amide bonds. The second-order valence-electron chi connectivity index (χ2n) is 4.88. The molecule has 0 atom stereocenters. The van der Waals surface area contributed by atoms with Crippen molar-refractivity contribution in [3.8, 4) is 23.4 Å². The number of aliphatic imine (C=N–C) groups is 1. The van der Waals surface area contributed by atoms with Gasteiger partial charge in [0.15, 0.2) is 16.9 Å². The standard InChI is InChI=1S/C17H13ClN4O2S/c1-23-14-5-3-10(7-12(14)18)16-22-13-8-11(4-6-15(13)24-16)21-17(25-2)20-9-19/h3-8H,1-2H3,(H,20,21). The van der Waals surface area contributed by atoms with Crippen LogP contribution in [0.25, 0.3) is 22.6 Å². The molecule has 0 aliphatic heterocycles. The Balaban J connectivity index is 1.98. The number of amidine groups is 1. The minimum atomic E-state index is 0.459. The van der Waals surface area contributed by atoms with E-state index in [1.54, 1.807) is 37.4 Å². The number of hydrogen-bond donors (Lipinski definition) is 1. The number of methoxy groups -OCH3 is 1. The molecule has 8 heteroatoms. The Kier molecular flexibility index (Phi) is 5.12. The van der Waals surface area contributed by atoms with E-state index in [9.17, 15) is 0 Å². The van der Waals surface area contributed by atoms with Gasteiger partial charge in [-0.3, -0.25) is 5.32 Å². The van der Waals surface area contributed by atoms with E-state index in [1.807, 2.05) is 18.5 Å². The average Bonchev–Trinajstić information content (AvgIpc) is 3.04. The molecule has 0 aliphatic rings. The number of thioether (sulfide) groups is 1. The van der Waals surface area contributed by atoms with E-state index in [0.717, 1.165) is 5.56 Å². The second kappa shape index (κ2) is 7.47. The molecule has 0 unspecified atom stereocenters. The highest BCUT2D eigenvalue weighted by molar-refractivity contribution is 8.13. The largest absolute Gasteiger partial charge is 0.495 e. The normalized spacial score (nSPS) is 11.4. The van der Waals surface area contributed by atoms with Crippen LogP contribution in [-0.4, -0.2) is 23.5 Å². The van der Waals surface area contributed by atoms with Gasteiger partial charge in [0.05, 0.1) is 17.8 Å². The van der Waals surface area contributed by atoms with Crippen molar-refractivity contribution in [2.45, 2.75) is 0 Å². The number of rotatable bonds is 3. The maximum atomic E-state index is 8.70. The highest BCUT2D eigenvalue weighted by atomic mass is 35.5. The van der Waals surface area contributed by atoms with Crippen LogP contribution in [0.4, 0.5) is 5.69 Å². The first kappa shape index (κ1) is 17.1. The van der Waals surface area contributed by atoms with Gasteiger partial charge in [0.25, 0.3) is 0 Å². The van der Waals surface area contributed by atoms with Gasteiger partial charge in [-0.15, -0.1) is 0 Å². The van der Waals surface area contributed by atoms with E-state index in [0.29, 0.717) is 38.6 Å². The minimum absolute atomic E-state index is 0.459. The van der Waals surface area contributed by atoms with Crippen molar-refractivity contribution in [1.82, 2.24) is 10.3 Å². The van der Waals surface area contributed by atoms with Crippen LogP contribution in [0.3, 0.4) is 0 Å². The highest BCUT2D eigenvalue weighted by Crippen LogP contribution is 2.32. The van der Waals surface area contributed by atoms with E-state index in [1.165, 1.54) is 11.8 Å². The van der Waals surface area contributed by atoms with Gasteiger partial charge in [-0.05, 0) is 42.7 Å². The molecule has 0 fully saturated rings. The second-order valence-corrected chi connectivity index (χ2v) is 6.08. The van der Waals surface area contributed by atoms with Gasteiger partial charge >= 0.3 is 0 Å². The molecule has 6 nitrogen and oxygen atoms in total. The number of benzene rings is 2. The summed E-state index contributed by atoms with van der Waals surface area (Å²) in [7, 11) is 1.56. The van der Waals surface area contributed by atoms with Crippen LogP contribution in [-0.2, 0) is 0 Å². The number of hydrogen-bond acceptors (Lipinski definition) is 6. The lowest BCUT2D eigenvalue weighted by atomic mass is 10.2. The Morgan fingerprint density at radius 2 is 2.20 bits per heavy atom. The fraction of sp³-hybridized carbons (Fsp3) is 0.118. The summed E-state index contributed by atoms with van der Waals surface area (Å²) < 4.78 is 10.9. The Bertz CT molecular complexity index is 994. The van der Waals surface area contributed by atoms with Crippen molar-refractivity contribution < 1.29 is 9.15 Å². The van der Waals surface area contributed by atoms with Crippen LogP contribution >= 0.6 is 23.4 Å². The molecule has 1 aromatic heterocycles. The van der Waals surface area contributed by atoms with Crippen molar-refractivity contribution in [1.29, 1.82) is 5.26 Å². The topological polar surface area (TPSA) is 83.4 Å². The smallest absolute Gasteiger partial charge is 0.227 e. The summed E-state index contributed by atoms with van der Waals surface area (Å²) in [6.07, 6.45) is 3.69. The zero-order valence-corrected chi connectivity index (χ0v) is 15.0. The Hall–Kier alpha value is -2.69. The number of oxazole rings is 1. The Morgan fingerprint density at radius 1 is 1.36 bits per heavy atom. The summed E-state index contributed by atoms with van der Waals surface area (Å²) in [4.78, 5) is 8.85. The Morgan fingerprint density at radius 3 is 2.88 bits per heavy atom. The molecule has 2 aromatic carbocycles. The third-order valence-electron chi connectivity index (χ3n) is 3.36. The van der Waals surface area contributed by atoms with Crippen molar-refractivity contribution >= 4 is 45.3 Å². The van der Waals surface area contributed by atoms with Gasteiger partial charge in [0.2, 0.25) is 5.89 Å². The quantitative estimate of drug-likeness (QED) is 0.313. The fourth-order valence-electron chi connectivity index (χ4n) is 2.20. The maximum Gasteiger partial charge on any atom is 0.227 e. The van der Waals surface area contributed by atoms with Gasteiger partial charge in [-0.1, -0.05) is 23.4 Å². The summed E-state index contributed by atoms with van der Waals surface area (Å²) in [6, 6.07) is 10.7. The van der Waals surface area contributed by atoms with Gasteiger partial charge in [0.1, 0.15) is 11.3 Å².